The summed E-state index contributed by atoms with van der Waals surface area (Å²) in [5.74, 6) is -1.09. The van der Waals surface area contributed by atoms with Gasteiger partial charge in [0.05, 0.1) is 27.0 Å². The van der Waals surface area contributed by atoms with Crippen LogP contribution >= 0.6 is 34.8 Å². The smallest absolute Gasteiger partial charge is 0.337 e. The van der Waals surface area contributed by atoms with Gasteiger partial charge in [-0.15, -0.1) is 0 Å². The van der Waals surface area contributed by atoms with Crippen molar-refractivity contribution in [1.29, 1.82) is 0 Å². The van der Waals surface area contributed by atoms with Gasteiger partial charge < -0.3 is 10.4 Å². The first kappa shape index (κ1) is 15.0. The first-order chi connectivity index (χ1) is 9.40. The first-order valence-electron chi connectivity index (χ1n) is 5.64. The number of hydrogen-bond donors (Lipinski definition) is 2. The zero-order valence-corrected chi connectivity index (χ0v) is 12.6. The molecule has 104 valence electrons. The minimum Gasteiger partial charge on any atom is -0.478 e. The number of rotatable bonds is 3. The summed E-state index contributed by atoms with van der Waals surface area (Å²) in [6, 6.07) is 8.01. The number of nitrogens with one attached hydrogen (secondary N) is 1. The highest BCUT2D eigenvalue weighted by molar-refractivity contribution is 6.39. The van der Waals surface area contributed by atoms with Crippen molar-refractivity contribution in [3.63, 3.8) is 0 Å². The lowest BCUT2D eigenvalue weighted by Gasteiger charge is -2.14. The number of anilines is 2. The third-order valence-corrected chi connectivity index (χ3v) is 3.79. The maximum Gasteiger partial charge on any atom is 0.337 e. The second kappa shape index (κ2) is 5.92. The first-order valence-corrected chi connectivity index (χ1v) is 6.78. The van der Waals surface area contributed by atoms with E-state index in [1.807, 2.05) is 6.92 Å². The molecule has 0 aliphatic heterocycles. The van der Waals surface area contributed by atoms with Gasteiger partial charge >= 0.3 is 5.97 Å². The van der Waals surface area contributed by atoms with E-state index in [1.165, 1.54) is 6.07 Å². The Kier molecular flexibility index (Phi) is 4.43. The third-order valence-electron chi connectivity index (χ3n) is 2.76. The Morgan fingerprint density at radius 2 is 1.85 bits per heavy atom. The van der Waals surface area contributed by atoms with Gasteiger partial charge in [-0.25, -0.2) is 4.79 Å². The van der Waals surface area contributed by atoms with Crippen molar-refractivity contribution < 1.29 is 9.90 Å². The summed E-state index contributed by atoms with van der Waals surface area (Å²) in [6.07, 6.45) is 0. The van der Waals surface area contributed by atoms with E-state index < -0.39 is 5.97 Å². The highest BCUT2D eigenvalue weighted by Crippen LogP contribution is 2.36. The fourth-order valence-corrected chi connectivity index (χ4v) is 2.35. The molecule has 0 saturated carbocycles. The molecule has 6 heteroatoms. The molecule has 3 nitrogen and oxygen atoms in total. The van der Waals surface area contributed by atoms with Crippen molar-refractivity contribution in [3.8, 4) is 0 Å². The van der Waals surface area contributed by atoms with Crippen LogP contribution in [0.25, 0.3) is 0 Å². The second-order valence-electron chi connectivity index (χ2n) is 4.17. The van der Waals surface area contributed by atoms with Crippen molar-refractivity contribution in [1.82, 2.24) is 0 Å². The fraction of sp³-hybridized carbons (Fsp3) is 0.0714. The molecule has 0 fully saturated rings. The molecule has 0 radical (unpaired) electrons. The average Bonchev–Trinajstić information content (AvgIpc) is 2.40. The molecule has 0 bridgehead atoms. The van der Waals surface area contributed by atoms with Crippen molar-refractivity contribution >= 4 is 52.1 Å². The molecule has 0 saturated heterocycles. The van der Waals surface area contributed by atoms with Gasteiger partial charge in [-0.1, -0.05) is 40.9 Å². The van der Waals surface area contributed by atoms with E-state index in [0.717, 1.165) is 5.56 Å². The Bertz CT molecular complexity index is 686. The van der Waals surface area contributed by atoms with Gasteiger partial charge in [0, 0.05) is 5.02 Å². The van der Waals surface area contributed by atoms with E-state index in [4.69, 9.17) is 34.8 Å². The molecule has 0 heterocycles. The summed E-state index contributed by atoms with van der Waals surface area (Å²) < 4.78 is 0. The number of carbonyl (C=O) groups is 1. The Labute approximate surface area is 131 Å². The lowest BCUT2D eigenvalue weighted by molar-refractivity contribution is 0.0698. The Balaban J connectivity index is 2.51. The number of hydrogen-bond acceptors (Lipinski definition) is 2. The maximum absolute atomic E-state index is 11.2. The molecule has 0 unspecified atom stereocenters. The van der Waals surface area contributed by atoms with Crippen LogP contribution in [0.1, 0.15) is 15.9 Å². The predicted octanol–water partition coefficient (Wildman–Crippen LogP) is 5.40. The SMILES string of the molecule is Cc1ccc(Cl)c(Nc2ccc(Cl)cc2C(=O)O)c1Cl. The molecular weight excluding hydrogens is 321 g/mol. The lowest BCUT2D eigenvalue weighted by Crippen LogP contribution is -2.03. The second-order valence-corrected chi connectivity index (χ2v) is 5.39. The minimum atomic E-state index is -1.09. The number of aromatic carboxylic acids is 1. The van der Waals surface area contributed by atoms with Crippen LogP contribution in [0.3, 0.4) is 0 Å². The normalized spacial score (nSPS) is 10.4. The number of carboxylic acids is 1. The predicted molar refractivity (Wildman–Crippen MR) is 82.9 cm³/mol. The number of halogens is 3. The summed E-state index contributed by atoms with van der Waals surface area (Å²) in [4.78, 5) is 11.2. The fourth-order valence-electron chi connectivity index (χ4n) is 1.71. The molecule has 2 aromatic carbocycles. The monoisotopic (exact) mass is 329 g/mol. The van der Waals surface area contributed by atoms with E-state index in [-0.39, 0.29) is 5.56 Å². The summed E-state index contributed by atoms with van der Waals surface area (Å²) in [5.41, 5.74) is 1.73. The molecule has 2 aromatic rings. The molecule has 20 heavy (non-hydrogen) atoms. The van der Waals surface area contributed by atoms with Crippen LogP contribution in [0.2, 0.25) is 15.1 Å². The van der Waals surface area contributed by atoms with Gasteiger partial charge in [0.2, 0.25) is 0 Å². The third kappa shape index (κ3) is 3.01. The van der Waals surface area contributed by atoms with Gasteiger partial charge in [-0.3, -0.25) is 0 Å². The minimum absolute atomic E-state index is 0.0474. The average molecular weight is 331 g/mol. The highest BCUT2D eigenvalue weighted by Gasteiger charge is 2.14. The summed E-state index contributed by atoms with van der Waals surface area (Å²) >= 11 is 18.1. The van der Waals surface area contributed by atoms with Crippen molar-refractivity contribution in [2.75, 3.05) is 5.32 Å². The molecule has 0 atom stereocenters. The largest absolute Gasteiger partial charge is 0.478 e. The van der Waals surface area contributed by atoms with Gasteiger partial charge in [0.15, 0.2) is 0 Å². The van der Waals surface area contributed by atoms with Crippen LogP contribution in [0.15, 0.2) is 30.3 Å². The van der Waals surface area contributed by atoms with Crippen molar-refractivity contribution in [2.24, 2.45) is 0 Å². The molecule has 0 spiro atoms. The zero-order chi connectivity index (χ0) is 14.9. The van der Waals surface area contributed by atoms with Gasteiger partial charge in [-0.2, -0.15) is 0 Å². The van der Waals surface area contributed by atoms with Gasteiger partial charge in [-0.05, 0) is 36.8 Å². The number of carboxylic acid groups (broad SMARTS) is 1. The topological polar surface area (TPSA) is 49.3 Å². The summed E-state index contributed by atoms with van der Waals surface area (Å²) in [7, 11) is 0. The van der Waals surface area contributed by atoms with Crippen molar-refractivity contribution in [2.45, 2.75) is 6.92 Å². The molecule has 0 aliphatic rings. The molecule has 2 rings (SSSR count). The van der Waals surface area contributed by atoms with Crippen LogP contribution in [-0.4, -0.2) is 11.1 Å². The lowest BCUT2D eigenvalue weighted by atomic mass is 10.1. The quantitative estimate of drug-likeness (QED) is 0.792. The summed E-state index contributed by atoms with van der Waals surface area (Å²) in [5, 5.41) is 13.4. The zero-order valence-electron chi connectivity index (χ0n) is 10.4. The number of benzene rings is 2. The Morgan fingerprint density at radius 1 is 1.15 bits per heavy atom. The van der Waals surface area contributed by atoms with Crippen LogP contribution < -0.4 is 5.32 Å². The van der Waals surface area contributed by atoms with E-state index >= 15 is 0 Å². The van der Waals surface area contributed by atoms with Crippen LogP contribution in [0.5, 0.6) is 0 Å². The van der Waals surface area contributed by atoms with Crippen LogP contribution in [-0.2, 0) is 0 Å². The van der Waals surface area contributed by atoms with E-state index in [1.54, 1.807) is 24.3 Å². The van der Waals surface area contributed by atoms with Crippen LogP contribution in [0.4, 0.5) is 11.4 Å². The Morgan fingerprint density at radius 3 is 2.50 bits per heavy atom. The van der Waals surface area contributed by atoms with Gasteiger partial charge in [0.1, 0.15) is 0 Å². The summed E-state index contributed by atoms with van der Waals surface area (Å²) in [6.45, 7) is 1.84. The van der Waals surface area contributed by atoms with Crippen LogP contribution in [0, 0.1) is 6.92 Å². The maximum atomic E-state index is 11.2. The molecule has 0 amide bonds. The van der Waals surface area contributed by atoms with E-state index in [2.05, 4.69) is 5.32 Å². The highest BCUT2D eigenvalue weighted by atomic mass is 35.5. The Hall–Kier alpha value is -1.42. The van der Waals surface area contributed by atoms with E-state index in [0.29, 0.717) is 26.4 Å². The number of aryl methyl sites for hydroxylation is 1. The van der Waals surface area contributed by atoms with Gasteiger partial charge in [0.25, 0.3) is 0 Å². The molecule has 0 aromatic heterocycles. The molecule has 2 N–H and O–H groups in total. The van der Waals surface area contributed by atoms with E-state index in [9.17, 15) is 9.90 Å². The molecule has 0 aliphatic carbocycles. The van der Waals surface area contributed by atoms with Crippen molar-refractivity contribution in [3.05, 3.63) is 56.5 Å². The standard InChI is InChI=1S/C14H10Cl3NO2/c1-7-2-4-10(16)13(12(7)17)18-11-5-3-8(15)6-9(11)14(19)20/h2-6,18H,1H3,(H,19,20). The molecular formula is C14H10Cl3NO2.